The van der Waals surface area contributed by atoms with Crippen LogP contribution >= 0.6 is 11.6 Å². The number of amides is 1. The Labute approximate surface area is 173 Å². The predicted octanol–water partition coefficient (Wildman–Crippen LogP) is 5.46. The average Bonchev–Trinajstić information content (AvgIpc) is 2.74. The van der Waals surface area contributed by atoms with Gasteiger partial charge in [0.15, 0.2) is 0 Å². The van der Waals surface area contributed by atoms with Crippen molar-refractivity contribution in [2.75, 3.05) is 10.6 Å². The molecule has 144 valence electrons. The van der Waals surface area contributed by atoms with Gasteiger partial charge in [0.1, 0.15) is 5.82 Å². The van der Waals surface area contributed by atoms with E-state index in [-0.39, 0.29) is 5.91 Å². The standard InChI is InChI=1S/C23H19ClN4O/c1-15-12-17-13-18(24)6-7-20(17)27-22(15)28-23(29)19-4-2-3-5-21(19)26-14-16-8-10-25-11-9-16/h2-13,26H,14H2,1H3,(H,27,28,29). The number of aromatic nitrogens is 2. The van der Waals surface area contributed by atoms with Gasteiger partial charge in [0.2, 0.25) is 0 Å². The van der Waals surface area contributed by atoms with Gasteiger partial charge in [-0.2, -0.15) is 0 Å². The number of benzene rings is 2. The van der Waals surface area contributed by atoms with Crippen LogP contribution in [0, 0.1) is 6.92 Å². The zero-order valence-electron chi connectivity index (χ0n) is 15.8. The van der Waals surface area contributed by atoms with Crippen LogP contribution in [0.25, 0.3) is 10.9 Å². The quantitative estimate of drug-likeness (QED) is 0.465. The molecular weight excluding hydrogens is 384 g/mol. The Morgan fingerprint density at radius 1 is 1.03 bits per heavy atom. The minimum Gasteiger partial charge on any atom is -0.380 e. The van der Waals surface area contributed by atoms with Gasteiger partial charge in [0.05, 0.1) is 11.1 Å². The molecule has 0 radical (unpaired) electrons. The van der Waals surface area contributed by atoms with Crippen molar-refractivity contribution in [3.63, 3.8) is 0 Å². The van der Waals surface area contributed by atoms with E-state index in [9.17, 15) is 4.79 Å². The van der Waals surface area contributed by atoms with E-state index in [1.165, 1.54) is 0 Å². The molecule has 2 aromatic heterocycles. The molecule has 2 heterocycles. The number of carbonyl (C=O) groups excluding carboxylic acids is 1. The van der Waals surface area contributed by atoms with E-state index in [4.69, 9.17) is 11.6 Å². The maximum atomic E-state index is 13.0. The first-order valence-corrected chi connectivity index (χ1v) is 9.58. The predicted molar refractivity (Wildman–Crippen MR) is 117 cm³/mol. The van der Waals surface area contributed by atoms with Gasteiger partial charge in [-0.1, -0.05) is 23.7 Å². The van der Waals surface area contributed by atoms with Crippen molar-refractivity contribution < 1.29 is 4.79 Å². The molecule has 0 atom stereocenters. The van der Waals surface area contributed by atoms with Gasteiger partial charge in [-0.25, -0.2) is 4.98 Å². The Bertz CT molecular complexity index is 1180. The van der Waals surface area contributed by atoms with Crippen LogP contribution in [0.1, 0.15) is 21.5 Å². The number of pyridine rings is 2. The summed E-state index contributed by atoms with van der Waals surface area (Å²) in [6, 6.07) is 18.8. The molecule has 2 N–H and O–H groups in total. The topological polar surface area (TPSA) is 66.9 Å². The summed E-state index contributed by atoms with van der Waals surface area (Å²) in [5.74, 6) is 0.320. The van der Waals surface area contributed by atoms with Gasteiger partial charge in [-0.05, 0) is 66.6 Å². The van der Waals surface area contributed by atoms with Crippen LogP contribution in [0.2, 0.25) is 5.02 Å². The molecule has 0 aliphatic heterocycles. The number of anilines is 2. The molecule has 4 rings (SSSR count). The normalized spacial score (nSPS) is 10.7. The number of fused-ring (bicyclic) bond motifs is 1. The maximum absolute atomic E-state index is 13.0. The fourth-order valence-corrected chi connectivity index (χ4v) is 3.27. The Balaban J connectivity index is 1.56. The highest BCUT2D eigenvalue weighted by molar-refractivity contribution is 6.31. The number of carbonyl (C=O) groups is 1. The van der Waals surface area contributed by atoms with Crippen molar-refractivity contribution in [2.45, 2.75) is 13.5 Å². The largest absolute Gasteiger partial charge is 0.380 e. The van der Waals surface area contributed by atoms with Crippen molar-refractivity contribution in [3.05, 3.63) is 94.8 Å². The number of hydrogen-bond acceptors (Lipinski definition) is 4. The van der Waals surface area contributed by atoms with Crippen molar-refractivity contribution in [2.24, 2.45) is 0 Å². The molecule has 0 saturated carbocycles. The summed E-state index contributed by atoms with van der Waals surface area (Å²) in [5.41, 5.74) is 4.04. The van der Waals surface area contributed by atoms with Gasteiger partial charge in [-0.15, -0.1) is 0 Å². The third-order valence-electron chi connectivity index (χ3n) is 4.60. The molecule has 29 heavy (non-hydrogen) atoms. The number of para-hydroxylation sites is 1. The van der Waals surface area contributed by atoms with E-state index in [0.29, 0.717) is 22.9 Å². The molecule has 2 aromatic carbocycles. The first kappa shape index (κ1) is 18.9. The molecule has 6 heteroatoms. The number of nitrogens with one attached hydrogen (secondary N) is 2. The Hall–Kier alpha value is -3.44. The molecule has 0 bridgehead atoms. The second kappa shape index (κ2) is 8.29. The summed E-state index contributed by atoms with van der Waals surface area (Å²) in [4.78, 5) is 21.6. The van der Waals surface area contributed by atoms with Crippen LogP contribution in [-0.4, -0.2) is 15.9 Å². The van der Waals surface area contributed by atoms with E-state index in [2.05, 4.69) is 20.6 Å². The van der Waals surface area contributed by atoms with Crippen molar-refractivity contribution in [3.8, 4) is 0 Å². The lowest BCUT2D eigenvalue weighted by Gasteiger charge is -2.13. The van der Waals surface area contributed by atoms with Crippen LogP contribution in [0.5, 0.6) is 0 Å². The van der Waals surface area contributed by atoms with Crippen molar-refractivity contribution in [1.82, 2.24) is 9.97 Å². The van der Waals surface area contributed by atoms with Gasteiger partial charge in [0, 0.05) is 35.0 Å². The molecule has 0 fully saturated rings. The highest BCUT2D eigenvalue weighted by Crippen LogP contribution is 2.24. The Morgan fingerprint density at radius 3 is 2.66 bits per heavy atom. The Morgan fingerprint density at radius 2 is 1.83 bits per heavy atom. The number of nitrogens with zero attached hydrogens (tertiary/aromatic N) is 2. The lowest BCUT2D eigenvalue weighted by Crippen LogP contribution is -2.16. The van der Waals surface area contributed by atoms with Crippen molar-refractivity contribution >= 4 is 39.9 Å². The average molecular weight is 403 g/mol. The Kier molecular flexibility index (Phi) is 5.40. The molecule has 0 unspecified atom stereocenters. The summed E-state index contributed by atoms with van der Waals surface area (Å²) < 4.78 is 0. The zero-order valence-corrected chi connectivity index (χ0v) is 16.6. The van der Waals surface area contributed by atoms with Gasteiger partial charge < -0.3 is 10.6 Å². The van der Waals surface area contributed by atoms with Crippen LogP contribution in [-0.2, 0) is 6.54 Å². The molecule has 1 amide bonds. The summed E-state index contributed by atoms with van der Waals surface area (Å²) in [6.45, 7) is 2.51. The number of aryl methyl sites for hydroxylation is 1. The highest BCUT2D eigenvalue weighted by atomic mass is 35.5. The monoisotopic (exact) mass is 402 g/mol. The third-order valence-corrected chi connectivity index (χ3v) is 4.84. The lowest BCUT2D eigenvalue weighted by atomic mass is 10.1. The zero-order chi connectivity index (χ0) is 20.2. The lowest BCUT2D eigenvalue weighted by molar-refractivity contribution is 0.102. The molecular formula is C23H19ClN4O. The van der Waals surface area contributed by atoms with Crippen LogP contribution in [0.3, 0.4) is 0 Å². The second-order valence-electron chi connectivity index (χ2n) is 6.70. The minimum absolute atomic E-state index is 0.216. The fraction of sp³-hybridized carbons (Fsp3) is 0.0870. The maximum Gasteiger partial charge on any atom is 0.258 e. The highest BCUT2D eigenvalue weighted by Gasteiger charge is 2.14. The van der Waals surface area contributed by atoms with Gasteiger partial charge >= 0.3 is 0 Å². The minimum atomic E-state index is -0.216. The van der Waals surface area contributed by atoms with E-state index < -0.39 is 0 Å². The molecule has 5 nitrogen and oxygen atoms in total. The number of hydrogen-bond donors (Lipinski definition) is 2. The molecule has 4 aromatic rings. The van der Waals surface area contributed by atoms with E-state index in [0.717, 1.165) is 27.7 Å². The molecule has 0 aliphatic carbocycles. The molecule has 0 spiro atoms. The van der Waals surface area contributed by atoms with Gasteiger partial charge in [0.25, 0.3) is 5.91 Å². The summed E-state index contributed by atoms with van der Waals surface area (Å²) in [6.07, 6.45) is 3.49. The first-order chi connectivity index (χ1) is 14.1. The molecule has 0 aliphatic rings. The second-order valence-corrected chi connectivity index (χ2v) is 7.14. The van der Waals surface area contributed by atoms with E-state index in [1.54, 1.807) is 24.5 Å². The smallest absolute Gasteiger partial charge is 0.258 e. The van der Waals surface area contributed by atoms with Gasteiger partial charge in [-0.3, -0.25) is 9.78 Å². The van der Waals surface area contributed by atoms with E-state index >= 15 is 0 Å². The van der Waals surface area contributed by atoms with Crippen LogP contribution < -0.4 is 10.6 Å². The number of halogens is 1. The summed E-state index contributed by atoms with van der Waals surface area (Å²) in [5, 5.41) is 7.86. The first-order valence-electron chi connectivity index (χ1n) is 9.20. The van der Waals surface area contributed by atoms with Crippen molar-refractivity contribution in [1.29, 1.82) is 0 Å². The van der Waals surface area contributed by atoms with Crippen LogP contribution in [0.15, 0.2) is 73.1 Å². The third kappa shape index (κ3) is 4.36. The molecule has 0 saturated heterocycles. The van der Waals surface area contributed by atoms with E-state index in [1.807, 2.05) is 55.5 Å². The number of rotatable bonds is 5. The summed E-state index contributed by atoms with van der Waals surface area (Å²) >= 11 is 6.06. The summed E-state index contributed by atoms with van der Waals surface area (Å²) in [7, 11) is 0. The SMILES string of the molecule is Cc1cc2cc(Cl)ccc2nc1NC(=O)c1ccccc1NCc1ccncc1. The van der Waals surface area contributed by atoms with Crippen LogP contribution in [0.4, 0.5) is 11.5 Å². The fourth-order valence-electron chi connectivity index (χ4n) is 3.09.